The number of rotatable bonds is 6. The van der Waals surface area contributed by atoms with Gasteiger partial charge in [0.2, 0.25) is 0 Å². The molecule has 0 radical (unpaired) electrons. The monoisotopic (exact) mass is 378 g/mol. The summed E-state index contributed by atoms with van der Waals surface area (Å²) in [7, 11) is 0. The summed E-state index contributed by atoms with van der Waals surface area (Å²) in [6, 6.07) is 17.1. The summed E-state index contributed by atoms with van der Waals surface area (Å²) in [6.07, 6.45) is 0.724. The van der Waals surface area contributed by atoms with Crippen LogP contribution in [0.3, 0.4) is 0 Å². The Labute approximate surface area is 159 Å². The van der Waals surface area contributed by atoms with E-state index >= 15 is 0 Å². The van der Waals surface area contributed by atoms with Crippen LogP contribution in [0.2, 0.25) is 0 Å². The van der Waals surface area contributed by atoms with E-state index in [2.05, 4.69) is 11.1 Å². The van der Waals surface area contributed by atoms with E-state index in [0.717, 1.165) is 0 Å². The van der Waals surface area contributed by atoms with E-state index in [9.17, 15) is 14.4 Å². The highest BCUT2D eigenvalue weighted by atomic mass is 32.2. The Hall–Kier alpha value is -3.16. The molecule has 134 valence electrons. The van der Waals surface area contributed by atoms with Crippen molar-refractivity contribution in [2.24, 2.45) is 5.92 Å². The molecular weight excluding hydrogens is 363 g/mol. The van der Waals surface area contributed by atoms with Crippen molar-refractivity contribution in [1.29, 1.82) is 10.5 Å². The normalized spacial score (nSPS) is 11.7. The highest BCUT2D eigenvalue weighted by Crippen LogP contribution is 2.25. The predicted octanol–water partition coefficient (Wildman–Crippen LogP) is 4.06. The maximum Gasteiger partial charge on any atom is 0.266 e. The molecule has 0 unspecified atom stereocenters. The number of hydrogen-bond acceptors (Lipinski definition) is 5. The van der Waals surface area contributed by atoms with Crippen molar-refractivity contribution in [2.75, 3.05) is 5.75 Å². The van der Waals surface area contributed by atoms with Crippen LogP contribution in [0.25, 0.3) is 16.6 Å². The van der Waals surface area contributed by atoms with Crippen LogP contribution in [0.5, 0.6) is 0 Å². The number of hydrogen-bond donors (Lipinski definition) is 0. The minimum Gasteiger partial charge on any atom is -0.268 e. The van der Waals surface area contributed by atoms with Gasteiger partial charge in [-0.15, -0.1) is 0 Å². The third-order valence-corrected chi connectivity index (χ3v) is 5.14. The Morgan fingerprint density at radius 1 is 1.15 bits per heavy atom. The van der Waals surface area contributed by atoms with E-state index < -0.39 is 5.82 Å². The average Bonchev–Trinajstić information content (AvgIpc) is 2.69. The fraction of sp³-hybridized carbons (Fsp3) is 0.200. The zero-order chi connectivity index (χ0) is 19.2. The van der Waals surface area contributed by atoms with E-state index in [4.69, 9.17) is 5.26 Å². The Kier molecular flexibility index (Phi) is 5.85. The van der Waals surface area contributed by atoms with Crippen LogP contribution in [0, 0.1) is 34.4 Å². The summed E-state index contributed by atoms with van der Waals surface area (Å²) in [5.74, 6) is -0.524. The van der Waals surface area contributed by atoms with Crippen molar-refractivity contribution in [2.45, 2.75) is 18.0 Å². The van der Waals surface area contributed by atoms with E-state index in [1.54, 1.807) is 36.4 Å². The molecule has 0 spiro atoms. The van der Waals surface area contributed by atoms with E-state index in [1.165, 1.54) is 28.5 Å². The molecule has 0 N–H and O–H groups in total. The van der Waals surface area contributed by atoms with E-state index in [-0.39, 0.29) is 23.6 Å². The first kappa shape index (κ1) is 18.6. The smallest absolute Gasteiger partial charge is 0.266 e. The molecule has 0 bridgehead atoms. The number of fused-ring (bicyclic) bond motifs is 1. The molecule has 7 heteroatoms. The number of para-hydroxylation sites is 2. The van der Waals surface area contributed by atoms with Crippen LogP contribution in [0.1, 0.15) is 12.8 Å². The highest BCUT2D eigenvalue weighted by Gasteiger charge is 2.17. The number of nitriles is 2. The summed E-state index contributed by atoms with van der Waals surface area (Å²) in [4.78, 5) is 17.5. The Morgan fingerprint density at radius 2 is 1.89 bits per heavy atom. The molecule has 0 fully saturated rings. The molecule has 3 aromatic rings. The zero-order valence-electron chi connectivity index (χ0n) is 14.3. The van der Waals surface area contributed by atoms with Gasteiger partial charge in [-0.25, -0.2) is 9.37 Å². The van der Waals surface area contributed by atoms with Crippen molar-refractivity contribution < 1.29 is 4.39 Å². The van der Waals surface area contributed by atoms with Gasteiger partial charge in [-0.05, 0) is 30.7 Å². The van der Waals surface area contributed by atoms with E-state index in [0.29, 0.717) is 28.2 Å². The first-order valence-electron chi connectivity index (χ1n) is 8.31. The molecule has 0 saturated carbocycles. The van der Waals surface area contributed by atoms with Crippen molar-refractivity contribution >= 4 is 22.7 Å². The van der Waals surface area contributed by atoms with Crippen molar-refractivity contribution in [3.63, 3.8) is 0 Å². The van der Waals surface area contributed by atoms with Gasteiger partial charge in [0.05, 0.1) is 34.6 Å². The Bertz CT molecular complexity index is 1110. The molecule has 0 aliphatic rings. The van der Waals surface area contributed by atoms with Crippen LogP contribution < -0.4 is 5.56 Å². The average molecular weight is 378 g/mol. The Morgan fingerprint density at radius 3 is 2.63 bits per heavy atom. The minimum absolute atomic E-state index is 0.119. The van der Waals surface area contributed by atoms with Gasteiger partial charge in [0, 0.05) is 12.2 Å². The summed E-state index contributed by atoms with van der Waals surface area (Å²) in [5.41, 5.74) is 0.274. The van der Waals surface area contributed by atoms with Crippen molar-refractivity contribution in [3.05, 3.63) is 64.7 Å². The molecule has 27 heavy (non-hydrogen) atoms. The maximum absolute atomic E-state index is 14.4. The number of benzene rings is 2. The maximum atomic E-state index is 14.4. The second-order valence-corrected chi connectivity index (χ2v) is 6.82. The van der Waals surface area contributed by atoms with Crippen LogP contribution in [0.4, 0.5) is 4.39 Å². The van der Waals surface area contributed by atoms with Crippen molar-refractivity contribution in [1.82, 2.24) is 9.55 Å². The van der Waals surface area contributed by atoms with Crippen LogP contribution in [-0.2, 0) is 0 Å². The largest absolute Gasteiger partial charge is 0.268 e. The fourth-order valence-corrected chi connectivity index (χ4v) is 3.72. The van der Waals surface area contributed by atoms with Gasteiger partial charge in [-0.1, -0.05) is 36.0 Å². The number of halogens is 1. The topological polar surface area (TPSA) is 82.5 Å². The fourth-order valence-electron chi connectivity index (χ4n) is 2.65. The minimum atomic E-state index is -0.528. The van der Waals surface area contributed by atoms with Gasteiger partial charge in [-0.2, -0.15) is 10.5 Å². The summed E-state index contributed by atoms with van der Waals surface area (Å²) < 4.78 is 15.6. The quantitative estimate of drug-likeness (QED) is 0.477. The van der Waals surface area contributed by atoms with E-state index in [1.807, 2.05) is 6.07 Å². The molecule has 2 aromatic carbocycles. The predicted molar refractivity (Wildman–Crippen MR) is 102 cm³/mol. The third kappa shape index (κ3) is 3.99. The van der Waals surface area contributed by atoms with Crippen LogP contribution in [-0.4, -0.2) is 15.3 Å². The molecule has 5 nitrogen and oxygen atoms in total. The molecule has 1 aromatic heterocycles. The molecule has 1 atom stereocenters. The standard InChI is InChI=1S/C20H15FN4OS/c21-16-8-2-4-10-18(16)25-19(26)15-7-1-3-9-17(15)24-20(25)27-13-14(12-23)6-5-11-22/h1-4,7-10,14H,5-6,13H2/t14-/m0/s1. The molecule has 0 aliphatic heterocycles. The highest BCUT2D eigenvalue weighted by molar-refractivity contribution is 7.99. The molecule has 1 heterocycles. The second-order valence-electron chi connectivity index (χ2n) is 5.84. The third-order valence-electron chi connectivity index (χ3n) is 4.04. The number of nitrogens with zero attached hydrogens (tertiary/aromatic N) is 4. The molecular formula is C20H15FN4OS. The lowest BCUT2D eigenvalue weighted by Crippen LogP contribution is -2.23. The lowest BCUT2D eigenvalue weighted by Gasteiger charge is -2.14. The van der Waals surface area contributed by atoms with Gasteiger partial charge in [0.25, 0.3) is 5.56 Å². The number of thioether (sulfide) groups is 1. The molecule has 0 saturated heterocycles. The SMILES string of the molecule is N#CCC[C@@H](C#N)CSc1nc2ccccc2c(=O)n1-c1ccccc1F. The summed E-state index contributed by atoms with van der Waals surface area (Å²) >= 11 is 1.22. The van der Waals surface area contributed by atoms with Crippen LogP contribution in [0.15, 0.2) is 58.5 Å². The lowest BCUT2D eigenvalue weighted by atomic mass is 10.1. The zero-order valence-corrected chi connectivity index (χ0v) is 15.1. The van der Waals surface area contributed by atoms with Gasteiger partial charge in [-0.3, -0.25) is 9.36 Å². The second kappa shape index (κ2) is 8.48. The molecule has 0 aliphatic carbocycles. The lowest BCUT2D eigenvalue weighted by molar-refractivity contribution is 0.607. The van der Waals surface area contributed by atoms with Crippen LogP contribution >= 0.6 is 11.8 Å². The molecule has 3 rings (SSSR count). The summed E-state index contributed by atoms with van der Waals surface area (Å²) in [6.45, 7) is 0. The number of aromatic nitrogens is 2. The van der Waals surface area contributed by atoms with Gasteiger partial charge >= 0.3 is 0 Å². The first-order chi connectivity index (χ1) is 13.2. The Balaban J connectivity index is 2.09. The summed E-state index contributed by atoms with van der Waals surface area (Å²) in [5, 5.41) is 18.7. The van der Waals surface area contributed by atoms with Gasteiger partial charge in [0.15, 0.2) is 5.16 Å². The first-order valence-corrected chi connectivity index (χ1v) is 9.30. The van der Waals surface area contributed by atoms with Gasteiger partial charge < -0.3 is 0 Å². The van der Waals surface area contributed by atoms with Gasteiger partial charge in [0.1, 0.15) is 5.82 Å². The van der Waals surface area contributed by atoms with Crippen molar-refractivity contribution in [3.8, 4) is 17.8 Å². The molecule has 0 amide bonds.